The molecule has 8 heteroatoms. The topological polar surface area (TPSA) is 109 Å². The third-order valence-corrected chi connectivity index (χ3v) is 6.92. The second-order valence-corrected chi connectivity index (χ2v) is 8.62. The highest BCUT2D eigenvalue weighted by Crippen LogP contribution is 2.48. The molecule has 2 aliphatic rings. The van der Waals surface area contributed by atoms with Crippen molar-refractivity contribution >= 4 is 15.5 Å². The number of nitrogens with zero attached hydrogens (tertiary/aromatic N) is 3. The van der Waals surface area contributed by atoms with Crippen LogP contribution >= 0.6 is 0 Å². The fourth-order valence-corrected chi connectivity index (χ4v) is 5.62. The molecule has 0 aliphatic carbocycles. The smallest absolute Gasteiger partial charge is 0.177 e. The number of methoxy groups -OCH3 is 1. The van der Waals surface area contributed by atoms with Crippen molar-refractivity contribution in [3.63, 3.8) is 0 Å². The normalized spacial score (nSPS) is 20.7. The van der Waals surface area contributed by atoms with E-state index in [4.69, 9.17) is 10.5 Å². The summed E-state index contributed by atoms with van der Waals surface area (Å²) in [6.07, 6.45) is 3.52. The lowest BCUT2D eigenvalue weighted by Crippen LogP contribution is -2.34. The third-order valence-electron chi connectivity index (χ3n) is 5.03. The van der Waals surface area contributed by atoms with Gasteiger partial charge in [-0.3, -0.25) is 9.88 Å². The monoisotopic (exact) mass is 394 g/mol. The SMILES string of the molecule is COc1ccc(N2C(N)=C(C#N)[C@H](c3cccnc3)C3=C2CCS3(=O)=O)cc1. The standard InChI is InChI=1S/C20H18N4O3S/c1-27-15-6-4-14(5-7-15)24-17-8-10-28(25,26)19(17)18(16(11-21)20(24)22)13-3-2-9-23-12-13/h2-7,9,12,18H,8,10,22H2,1H3/t18-/m0/s1. The van der Waals surface area contributed by atoms with Gasteiger partial charge in [-0.2, -0.15) is 5.26 Å². The molecule has 0 fully saturated rings. The van der Waals surface area contributed by atoms with Crippen LogP contribution < -0.4 is 15.4 Å². The number of nitrogens with two attached hydrogens (primary N) is 1. The largest absolute Gasteiger partial charge is 0.497 e. The van der Waals surface area contributed by atoms with Crippen molar-refractivity contribution in [3.05, 3.63) is 76.4 Å². The molecule has 28 heavy (non-hydrogen) atoms. The van der Waals surface area contributed by atoms with E-state index >= 15 is 0 Å². The molecular formula is C20H18N4O3S. The van der Waals surface area contributed by atoms with E-state index < -0.39 is 15.8 Å². The fraction of sp³-hybridized carbons (Fsp3) is 0.200. The molecule has 0 radical (unpaired) electrons. The summed E-state index contributed by atoms with van der Waals surface area (Å²) in [7, 11) is -1.95. The molecule has 0 spiro atoms. The number of anilines is 1. The highest BCUT2D eigenvalue weighted by atomic mass is 32.2. The maximum absolute atomic E-state index is 12.9. The first kappa shape index (κ1) is 18.1. The summed E-state index contributed by atoms with van der Waals surface area (Å²) in [4.78, 5) is 6.00. The van der Waals surface area contributed by atoms with Gasteiger partial charge in [0.05, 0.1) is 35.3 Å². The molecule has 4 rings (SSSR count). The van der Waals surface area contributed by atoms with Crippen LogP contribution in [0, 0.1) is 11.3 Å². The van der Waals surface area contributed by atoms with Crippen LogP contribution in [-0.4, -0.2) is 26.3 Å². The Morgan fingerprint density at radius 2 is 2.04 bits per heavy atom. The summed E-state index contributed by atoms with van der Waals surface area (Å²) in [5, 5.41) is 9.86. The molecule has 2 aromatic rings. The van der Waals surface area contributed by atoms with Crippen molar-refractivity contribution in [1.82, 2.24) is 4.98 Å². The number of benzene rings is 1. The zero-order valence-electron chi connectivity index (χ0n) is 15.2. The average Bonchev–Trinajstić information content (AvgIpc) is 3.02. The summed E-state index contributed by atoms with van der Waals surface area (Å²) >= 11 is 0. The zero-order valence-corrected chi connectivity index (χ0v) is 16.0. The Bertz CT molecular complexity index is 1130. The number of aromatic nitrogens is 1. The summed E-state index contributed by atoms with van der Waals surface area (Å²) in [5.41, 5.74) is 8.53. The van der Waals surface area contributed by atoms with Crippen LogP contribution in [0.1, 0.15) is 17.9 Å². The second-order valence-electron chi connectivity index (χ2n) is 6.54. The zero-order chi connectivity index (χ0) is 19.9. The number of rotatable bonds is 3. The van der Waals surface area contributed by atoms with Crippen LogP contribution in [0.4, 0.5) is 5.69 Å². The summed E-state index contributed by atoms with van der Waals surface area (Å²) in [6, 6.07) is 12.7. The summed E-state index contributed by atoms with van der Waals surface area (Å²) in [5.74, 6) is 0.158. The van der Waals surface area contributed by atoms with Crippen LogP contribution in [0.5, 0.6) is 5.75 Å². The van der Waals surface area contributed by atoms with Gasteiger partial charge < -0.3 is 10.5 Å². The molecule has 0 saturated carbocycles. The maximum atomic E-state index is 12.9. The highest BCUT2D eigenvalue weighted by Gasteiger charge is 2.45. The van der Waals surface area contributed by atoms with Gasteiger partial charge >= 0.3 is 0 Å². The average molecular weight is 394 g/mol. The van der Waals surface area contributed by atoms with Crippen LogP contribution in [0.25, 0.3) is 0 Å². The van der Waals surface area contributed by atoms with Gasteiger partial charge in [-0.1, -0.05) is 6.07 Å². The number of sulfone groups is 1. The van der Waals surface area contributed by atoms with Gasteiger partial charge in [0.2, 0.25) is 0 Å². The first-order chi connectivity index (χ1) is 13.5. The van der Waals surface area contributed by atoms with Crippen LogP contribution in [0.15, 0.2) is 70.8 Å². The van der Waals surface area contributed by atoms with E-state index in [2.05, 4.69) is 11.1 Å². The number of allylic oxidation sites excluding steroid dienone is 3. The Hall–Kier alpha value is -3.31. The molecule has 1 atom stereocenters. The third kappa shape index (κ3) is 2.72. The Morgan fingerprint density at radius 3 is 2.64 bits per heavy atom. The molecule has 0 saturated heterocycles. The van der Waals surface area contributed by atoms with Crippen molar-refractivity contribution in [1.29, 1.82) is 5.26 Å². The Morgan fingerprint density at radius 1 is 1.29 bits per heavy atom. The molecule has 0 unspecified atom stereocenters. The maximum Gasteiger partial charge on any atom is 0.177 e. The van der Waals surface area contributed by atoms with E-state index in [1.165, 1.54) is 0 Å². The number of ether oxygens (including phenoxy) is 1. The molecular weight excluding hydrogens is 376 g/mol. The van der Waals surface area contributed by atoms with Gasteiger partial charge in [0.15, 0.2) is 9.84 Å². The van der Waals surface area contributed by atoms with Crippen LogP contribution in [0.3, 0.4) is 0 Å². The van der Waals surface area contributed by atoms with E-state index in [9.17, 15) is 13.7 Å². The van der Waals surface area contributed by atoms with Gasteiger partial charge in [-0.15, -0.1) is 0 Å². The molecule has 7 nitrogen and oxygen atoms in total. The lowest BCUT2D eigenvalue weighted by atomic mass is 9.88. The lowest BCUT2D eigenvalue weighted by Gasteiger charge is -2.35. The Kier molecular flexibility index (Phi) is 4.32. The van der Waals surface area contributed by atoms with Crippen LogP contribution in [-0.2, 0) is 9.84 Å². The van der Waals surface area contributed by atoms with Crippen LogP contribution in [0.2, 0.25) is 0 Å². The predicted molar refractivity (Wildman–Crippen MR) is 105 cm³/mol. The number of nitriles is 1. The van der Waals surface area contributed by atoms with Gasteiger partial charge in [-0.25, -0.2) is 8.42 Å². The molecule has 2 N–H and O–H groups in total. The van der Waals surface area contributed by atoms with Crippen molar-refractivity contribution in [2.75, 3.05) is 17.8 Å². The summed E-state index contributed by atoms with van der Waals surface area (Å²) in [6.45, 7) is 0. The van der Waals surface area contributed by atoms with E-state index in [1.54, 1.807) is 60.8 Å². The van der Waals surface area contributed by atoms with Crippen molar-refractivity contribution in [2.24, 2.45) is 5.73 Å². The van der Waals surface area contributed by atoms with E-state index in [1.807, 2.05) is 0 Å². The molecule has 3 heterocycles. The van der Waals surface area contributed by atoms with E-state index in [-0.39, 0.29) is 22.1 Å². The number of hydrogen-bond acceptors (Lipinski definition) is 7. The van der Waals surface area contributed by atoms with Crippen molar-refractivity contribution in [2.45, 2.75) is 12.3 Å². The number of hydrogen-bond donors (Lipinski definition) is 1. The molecule has 142 valence electrons. The minimum absolute atomic E-state index is 0.00687. The molecule has 2 aliphatic heterocycles. The van der Waals surface area contributed by atoms with Gasteiger partial charge in [0.25, 0.3) is 0 Å². The van der Waals surface area contributed by atoms with Gasteiger partial charge in [0.1, 0.15) is 11.6 Å². The Labute approximate surface area is 163 Å². The van der Waals surface area contributed by atoms with E-state index in [0.717, 1.165) is 0 Å². The first-order valence-corrected chi connectivity index (χ1v) is 10.3. The minimum Gasteiger partial charge on any atom is -0.497 e. The quantitative estimate of drug-likeness (QED) is 0.851. The molecule has 0 amide bonds. The Balaban J connectivity index is 1.96. The molecule has 1 aromatic heterocycles. The molecule has 0 bridgehead atoms. The molecule has 1 aromatic carbocycles. The van der Waals surface area contributed by atoms with Gasteiger partial charge in [0, 0.05) is 30.2 Å². The lowest BCUT2D eigenvalue weighted by molar-refractivity contribution is 0.415. The predicted octanol–water partition coefficient (Wildman–Crippen LogP) is 2.42. The second kappa shape index (κ2) is 6.69. The van der Waals surface area contributed by atoms with Gasteiger partial charge in [-0.05, 0) is 35.9 Å². The van der Waals surface area contributed by atoms with E-state index in [0.29, 0.717) is 29.1 Å². The summed E-state index contributed by atoms with van der Waals surface area (Å²) < 4.78 is 31.0. The van der Waals surface area contributed by atoms with Crippen molar-refractivity contribution in [3.8, 4) is 11.8 Å². The fourth-order valence-electron chi connectivity index (χ4n) is 3.77. The minimum atomic E-state index is -3.52. The first-order valence-electron chi connectivity index (χ1n) is 8.67. The number of pyridine rings is 1. The van der Waals surface area contributed by atoms with Crippen molar-refractivity contribution < 1.29 is 13.2 Å². The highest BCUT2D eigenvalue weighted by molar-refractivity contribution is 7.95.